The number of nitrogens with one attached hydrogen (secondary N) is 1. The lowest BCUT2D eigenvalue weighted by atomic mass is 10.0. The van der Waals surface area contributed by atoms with Crippen molar-refractivity contribution in [3.05, 3.63) is 77.4 Å². The van der Waals surface area contributed by atoms with E-state index in [0.717, 1.165) is 17.7 Å². The fourth-order valence-electron chi connectivity index (χ4n) is 3.79. The third-order valence-electron chi connectivity index (χ3n) is 5.41. The number of benzene rings is 1. The van der Waals surface area contributed by atoms with Gasteiger partial charge in [0.05, 0.1) is 30.6 Å². The molecule has 1 N–H and O–H groups in total. The van der Waals surface area contributed by atoms with Gasteiger partial charge in [-0.15, -0.1) is 0 Å². The zero-order chi connectivity index (χ0) is 22.5. The molecule has 1 saturated heterocycles. The number of aryl methyl sites for hydroxylation is 1. The molecule has 3 heterocycles. The molecule has 1 aromatic carbocycles. The highest BCUT2D eigenvalue weighted by molar-refractivity contribution is 5.96. The van der Waals surface area contributed by atoms with Crippen LogP contribution in [-0.4, -0.2) is 50.3 Å². The molecule has 4 rings (SSSR count). The summed E-state index contributed by atoms with van der Waals surface area (Å²) in [7, 11) is 1.61. The average Bonchev–Trinajstić information content (AvgIpc) is 3.32. The number of carbonyl (C=O) groups is 2. The average molecular weight is 432 g/mol. The Morgan fingerprint density at radius 1 is 1.16 bits per heavy atom. The molecule has 1 fully saturated rings. The number of aromatic nitrogens is 4. The fraction of sp³-hybridized carbons (Fsp3) is 0.304. The maximum atomic E-state index is 13.0. The lowest BCUT2D eigenvalue weighted by molar-refractivity contribution is 0.0722. The Labute approximate surface area is 185 Å². The Morgan fingerprint density at radius 2 is 1.97 bits per heavy atom. The van der Waals surface area contributed by atoms with Crippen LogP contribution >= 0.6 is 0 Å². The molecule has 2 amide bonds. The van der Waals surface area contributed by atoms with Gasteiger partial charge in [0.2, 0.25) is 0 Å². The summed E-state index contributed by atoms with van der Waals surface area (Å²) in [6.45, 7) is 2.69. The molecule has 3 aromatic rings. The predicted octanol–water partition coefficient (Wildman–Crippen LogP) is 2.49. The first kappa shape index (κ1) is 21.4. The van der Waals surface area contributed by atoms with Crippen LogP contribution in [0.25, 0.3) is 0 Å². The number of hydrogen-bond donors (Lipinski definition) is 1. The monoisotopic (exact) mass is 432 g/mol. The van der Waals surface area contributed by atoms with Crippen molar-refractivity contribution in [2.24, 2.45) is 0 Å². The summed E-state index contributed by atoms with van der Waals surface area (Å²) in [5.74, 6) is 0.796. The highest BCUT2D eigenvalue weighted by Gasteiger charge is 2.35. The fourth-order valence-corrected chi connectivity index (χ4v) is 3.79. The summed E-state index contributed by atoms with van der Waals surface area (Å²) in [4.78, 5) is 44.7. The van der Waals surface area contributed by atoms with Crippen molar-refractivity contribution >= 4 is 11.8 Å². The molecular formula is C23H24N6O3. The van der Waals surface area contributed by atoms with Crippen LogP contribution in [0.1, 0.15) is 56.8 Å². The van der Waals surface area contributed by atoms with E-state index >= 15 is 0 Å². The highest BCUT2D eigenvalue weighted by atomic mass is 16.5. The lowest BCUT2D eigenvalue weighted by Gasteiger charge is -2.25. The van der Waals surface area contributed by atoms with E-state index in [1.54, 1.807) is 18.9 Å². The van der Waals surface area contributed by atoms with Gasteiger partial charge in [-0.1, -0.05) is 12.1 Å². The second kappa shape index (κ2) is 9.51. The SMILES string of the molecule is COc1ccc(CNC(=O)c2cnc(C)nc2C2CCCN2C(=O)c2cnccn2)cc1. The molecule has 0 saturated carbocycles. The van der Waals surface area contributed by atoms with E-state index in [1.807, 2.05) is 24.3 Å². The van der Waals surface area contributed by atoms with Gasteiger partial charge in [-0.3, -0.25) is 14.6 Å². The van der Waals surface area contributed by atoms with Gasteiger partial charge in [0.1, 0.15) is 17.3 Å². The molecular weight excluding hydrogens is 408 g/mol. The van der Waals surface area contributed by atoms with E-state index in [2.05, 4.69) is 25.3 Å². The molecule has 1 atom stereocenters. The summed E-state index contributed by atoms with van der Waals surface area (Å²) in [5, 5.41) is 2.93. The second-order valence-corrected chi connectivity index (χ2v) is 7.49. The van der Waals surface area contributed by atoms with Gasteiger partial charge >= 0.3 is 0 Å². The first-order chi connectivity index (χ1) is 15.6. The highest BCUT2D eigenvalue weighted by Crippen LogP contribution is 2.33. The van der Waals surface area contributed by atoms with E-state index in [4.69, 9.17) is 4.74 Å². The minimum Gasteiger partial charge on any atom is -0.497 e. The molecule has 0 spiro atoms. The van der Waals surface area contributed by atoms with Crippen LogP contribution < -0.4 is 10.1 Å². The normalized spacial score (nSPS) is 15.4. The third-order valence-corrected chi connectivity index (χ3v) is 5.41. The largest absolute Gasteiger partial charge is 0.497 e. The third kappa shape index (κ3) is 4.56. The van der Waals surface area contributed by atoms with Crippen LogP contribution in [0.15, 0.2) is 49.1 Å². The number of rotatable bonds is 6. The zero-order valence-electron chi connectivity index (χ0n) is 18.0. The van der Waals surface area contributed by atoms with Crippen LogP contribution in [0, 0.1) is 6.92 Å². The van der Waals surface area contributed by atoms with E-state index in [-0.39, 0.29) is 23.6 Å². The maximum absolute atomic E-state index is 13.0. The Hall–Kier alpha value is -3.88. The number of methoxy groups -OCH3 is 1. The maximum Gasteiger partial charge on any atom is 0.274 e. The predicted molar refractivity (Wildman–Crippen MR) is 116 cm³/mol. The van der Waals surface area contributed by atoms with Gasteiger partial charge in [-0.2, -0.15) is 0 Å². The van der Waals surface area contributed by atoms with E-state index < -0.39 is 0 Å². The number of hydrogen-bond acceptors (Lipinski definition) is 7. The summed E-state index contributed by atoms with van der Waals surface area (Å²) in [6.07, 6.45) is 7.52. The summed E-state index contributed by atoms with van der Waals surface area (Å²) in [5.41, 5.74) is 2.14. The zero-order valence-corrected chi connectivity index (χ0v) is 18.0. The standard InChI is InChI=1S/C23H24N6O3/c1-15-26-13-18(22(30)27-12-16-5-7-17(32-2)8-6-16)21(28-15)20-4-3-11-29(20)23(31)19-14-24-9-10-25-19/h5-10,13-14,20H,3-4,11-12H2,1-2H3,(H,27,30). The van der Waals surface area contributed by atoms with Crippen molar-refractivity contribution in [1.29, 1.82) is 0 Å². The van der Waals surface area contributed by atoms with Crippen molar-refractivity contribution in [2.75, 3.05) is 13.7 Å². The molecule has 1 unspecified atom stereocenters. The van der Waals surface area contributed by atoms with Gasteiger partial charge in [0.25, 0.3) is 11.8 Å². The molecule has 0 radical (unpaired) electrons. The summed E-state index contributed by atoms with van der Waals surface area (Å²) >= 11 is 0. The smallest absolute Gasteiger partial charge is 0.274 e. The van der Waals surface area contributed by atoms with Crippen molar-refractivity contribution in [3.8, 4) is 5.75 Å². The minimum atomic E-state index is -0.326. The van der Waals surface area contributed by atoms with Crippen molar-refractivity contribution < 1.29 is 14.3 Å². The Morgan fingerprint density at radius 3 is 2.69 bits per heavy atom. The topological polar surface area (TPSA) is 110 Å². The van der Waals surface area contributed by atoms with E-state index in [1.165, 1.54) is 24.8 Å². The van der Waals surface area contributed by atoms with Crippen LogP contribution in [0.4, 0.5) is 0 Å². The van der Waals surface area contributed by atoms with Crippen LogP contribution in [-0.2, 0) is 6.54 Å². The first-order valence-electron chi connectivity index (χ1n) is 10.4. The quantitative estimate of drug-likeness (QED) is 0.637. The molecule has 164 valence electrons. The molecule has 1 aliphatic rings. The van der Waals surface area contributed by atoms with Crippen LogP contribution in [0.5, 0.6) is 5.75 Å². The van der Waals surface area contributed by atoms with Gasteiger partial charge < -0.3 is 15.0 Å². The van der Waals surface area contributed by atoms with Crippen LogP contribution in [0.3, 0.4) is 0 Å². The van der Waals surface area contributed by atoms with E-state index in [9.17, 15) is 9.59 Å². The van der Waals surface area contributed by atoms with Crippen molar-refractivity contribution in [2.45, 2.75) is 32.4 Å². The molecule has 9 heteroatoms. The molecule has 0 bridgehead atoms. The Balaban J connectivity index is 1.55. The van der Waals surface area contributed by atoms with E-state index in [0.29, 0.717) is 36.6 Å². The van der Waals surface area contributed by atoms with Gasteiger partial charge in [0, 0.05) is 31.7 Å². The molecule has 2 aromatic heterocycles. The summed E-state index contributed by atoms with van der Waals surface area (Å²) < 4.78 is 5.16. The molecule has 32 heavy (non-hydrogen) atoms. The molecule has 0 aliphatic carbocycles. The van der Waals surface area contributed by atoms with Gasteiger partial charge in [0.15, 0.2) is 0 Å². The Bertz CT molecular complexity index is 1100. The lowest BCUT2D eigenvalue weighted by Crippen LogP contribution is -2.34. The van der Waals surface area contributed by atoms with Gasteiger partial charge in [-0.05, 0) is 37.5 Å². The number of likely N-dealkylation sites (tertiary alicyclic amines) is 1. The first-order valence-corrected chi connectivity index (χ1v) is 10.4. The summed E-state index contributed by atoms with van der Waals surface area (Å²) in [6, 6.07) is 7.15. The van der Waals surface area contributed by atoms with Crippen molar-refractivity contribution in [1.82, 2.24) is 30.2 Å². The second-order valence-electron chi connectivity index (χ2n) is 7.49. The number of carbonyl (C=O) groups excluding carboxylic acids is 2. The van der Waals surface area contributed by atoms with Gasteiger partial charge in [-0.25, -0.2) is 15.0 Å². The minimum absolute atomic E-state index is 0.221. The number of amides is 2. The molecule has 9 nitrogen and oxygen atoms in total. The molecule has 1 aliphatic heterocycles. The number of nitrogens with zero attached hydrogens (tertiary/aromatic N) is 5. The Kier molecular flexibility index (Phi) is 6.34. The number of ether oxygens (including phenoxy) is 1. The van der Waals surface area contributed by atoms with Crippen molar-refractivity contribution in [3.63, 3.8) is 0 Å². The van der Waals surface area contributed by atoms with Crippen LogP contribution in [0.2, 0.25) is 0 Å².